The number of carbonyl (C=O) groups is 1. The van der Waals surface area contributed by atoms with Gasteiger partial charge in [0.15, 0.2) is 6.61 Å². The summed E-state index contributed by atoms with van der Waals surface area (Å²) in [5.41, 5.74) is 4.02. The van der Waals surface area contributed by atoms with E-state index in [1.807, 2.05) is 24.3 Å². The number of nitrogens with zero attached hydrogens (tertiary/aromatic N) is 1. The summed E-state index contributed by atoms with van der Waals surface area (Å²) in [5, 5.41) is 4.70. The van der Waals surface area contributed by atoms with Crippen molar-refractivity contribution in [3.63, 3.8) is 0 Å². The molecule has 1 amide bonds. The van der Waals surface area contributed by atoms with Crippen LogP contribution < -0.4 is 10.2 Å². The van der Waals surface area contributed by atoms with Gasteiger partial charge in [-0.1, -0.05) is 39.7 Å². The Bertz CT molecular complexity index is 733. The number of hydrazone groups is 1. The Hall–Kier alpha value is -1.37. The van der Waals surface area contributed by atoms with E-state index in [-0.39, 0.29) is 12.5 Å². The second-order valence-electron chi connectivity index (χ2n) is 4.60. The van der Waals surface area contributed by atoms with Gasteiger partial charge in [-0.3, -0.25) is 4.79 Å². The molecule has 0 atom stereocenters. The molecule has 23 heavy (non-hydrogen) atoms. The quantitative estimate of drug-likeness (QED) is 0.516. The summed E-state index contributed by atoms with van der Waals surface area (Å²) in [5.74, 6) is 0.245. The lowest BCUT2D eigenvalue weighted by molar-refractivity contribution is -0.123. The van der Waals surface area contributed by atoms with Crippen molar-refractivity contribution in [3.05, 3.63) is 62.0 Å². The van der Waals surface area contributed by atoms with E-state index in [1.165, 1.54) is 0 Å². The fourth-order valence-corrected chi connectivity index (χ4v) is 2.96. The number of hydrogen-bond donors (Lipinski definition) is 1. The van der Waals surface area contributed by atoms with Crippen molar-refractivity contribution >= 4 is 55.1 Å². The minimum Gasteiger partial charge on any atom is -0.483 e. The van der Waals surface area contributed by atoms with Crippen molar-refractivity contribution in [1.82, 2.24) is 5.43 Å². The summed E-state index contributed by atoms with van der Waals surface area (Å²) in [7, 11) is 0. The molecule has 0 aliphatic carbocycles. The van der Waals surface area contributed by atoms with Crippen LogP contribution in [0.15, 0.2) is 56.5 Å². The number of halogens is 3. The van der Waals surface area contributed by atoms with Crippen LogP contribution in [-0.4, -0.2) is 18.2 Å². The smallest absolute Gasteiger partial charge is 0.277 e. The first-order valence-corrected chi connectivity index (χ1v) is 8.59. The van der Waals surface area contributed by atoms with Crippen LogP contribution in [0, 0.1) is 0 Å². The van der Waals surface area contributed by atoms with E-state index in [2.05, 4.69) is 42.4 Å². The van der Waals surface area contributed by atoms with Gasteiger partial charge in [0.05, 0.1) is 10.2 Å². The molecule has 0 aliphatic heterocycles. The van der Waals surface area contributed by atoms with Crippen LogP contribution in [-0.2, 0) is 4.79 Å². The van der Waals surface area contributed by atoms with Gasteiger partial charge in [-0.15, -0.1) is 0 Å². The first-order chi connectivity index (χ1) is 11.0. The molecule has 0 radical (unpaired) electrons. The molecule has 0 fully saturated rings. The number of amides is 1. The second-order valence-corrected chi connectivity index (χ2v) is 6.81. The molecule has 0 unspecified atom stereocenters. The molecule has 0 heterocycles. The third-order valence-electron chi connectivity index (χ3n) is 2.86. The number of ether oxygens (including phenoxy) is 1. The Morgan fingerprint density at radius 2 is 1.91 bits per heavy atom. The predicted molar refractivity (Wildman–Crippen MR) is 99.1 cm³/mol. The van der Waals surface area contributed by atoms with Gasteiger partial charge in [0.2, 0.25) is 0 Å². The van der Waals surface area contributed by atoms with E-state index < -0.39 is 0 Å². The molecule has 0 saturated carbocycles. The van der Waals surface area contributed by atoms with E-state index in [1.54, 1.807) is 25.1 Å². The van der Waals surface area contributed by atoms with Crippen LogP contribution >= 0.6 is 43.5 Å². The minimum absolute atomic E-state index is 0.127. The Balaban J connectivity index is 1.89. The average Bonchev–Trinajstić information content (AvgIpc) is 2.52. The molecule has 0 saturated heterocycles. The van der Waals surface area contributed by atoms with Crippen molar-refractivity contribution in [2.45, 2.75) is 6.92 Å². The molecule has 0 aliphatic rings. The van der Waals surface area contributed by atoms with Gasteiger partial charge in [0.1, 0.15) is 5.75 Å². The van der Waals surface area contributed by atoms with Crippen LogP contribution in [0.5, 0.6) is 5.75 Å². The maximum atomic E-state index is 11.8. The monoisotopic (exact) mass is 458 g/mol. The Morgan fingerprint density at radius 3 is 2.57 bits per heavy atom. The molecule has 4 nitrogen and oxygen atoms in total. The number of carbonyl (C=O) groups excluding carboxylic acids is 1. The molecule has 2 aromatic rings. The van der Waals surface area contributed by atoms with Crippen LogP contribution in [0.2, 0.25) is 5.02 Å². The highest BCUT2D eigenvalue weighted by Crippen LogP contribution is 2.28. The number of benzene rings is 2. The summed E-state index contributed by atoms with van der Waals surface area (Å²) in [6.07, 6.45) is 0. The maximum Gasteiger partial charge on any atom is 0.277 e. The van der Waals surface area contributed by atoms with Crippen molar-refractivity contribution in [2.75, 3.05) is 6.61 Å². The van der Waals surface area contributed by atoms with Gasteiger partial charge >= 0.3 is 0 Å². The van der Waals surface area contributed by atoms with Crippen LogP contribution in [0.4, 0.5) is 0 Å². The van der Waals surface area contributed by atoms with Crippen molar-refractivity contribution in [3.8, 4) is 5.75 Å². The summed E-state index contributed by atoms with van der Waals surface area (Å²) < 4.78 is 7.13. The fourth-order valence-electron chi connectivity index (χ4n) is 1.67. The molecule has 0 bridgehead atoms. The van der Waals surface area contributed by atoms with E-state index in [4.69, 9.17) is 16.3 Å². The van der Waals surface area contributed by atoms with Gasteiger partial charge in [-0.25, -0.2) is 5.43 Å². The summed E-state index contributed by atoms with van der Waals surface area (Å²) in [4.78, 5) is 11.8. The van der Waals surface area contributed by atoms with Crippen LogP contribution in [0.25, 0.3) is 0 Å². The Labute approximate surface area is 156 Å². The lowest BCUT2D eigenvalue weighted by atomic mass is 10.1. The van der Waals surface area contributed by atoms with E-state index in [9.17, 15) is 4.79 Å². The molecule has 7 heteroatoms. The van der Waals surface area contributed by atoms with E-state index in [0.29, 0.717) is 16.5 Å². The van der Waals surface area contributed by atoms with Gasteiger partial charge in [0, 0.05) is 9.50 Å². The normalized spacial score (nSPS) is 11.2. The van der Waals surface area contributed by atoms with Crippen LogP contribution in [0.3, 0.4) is 0 Å². The summed E-state index contributed by atoms with van der Waals surface area (Å²) in [6.45, 7) is 1.67. The highest BCUT2D eigenvalue weighted by Gasteiger charge is 2.06. The molecule has 0 aromatic heterocycles. The standard InChI is InChI=1S/C16H13Br2ClN2O2/c1-10(11-2-5-13(19)6-3-11)20-21-16(22)9-23-15-7-4-12(17)8-14(15)18/h2-8H,9H2,1H3,(H,21,22)/b20-10+. The predicted octanol–water partition coefficient (Wildman–Crippen LogP) is 4.78. The maximum absolute atomic E-state index is 11.8. The zero-order valence-electron chi connectivity index (χ0n) is 12.1. The van der Waals surface area contributed by atoms with E-state index >= 15 is 0 Å². The lowest BCUT2D eigenvalue weighted by Crippen LogP contribution is -2.25. The third-order valence-corrected chi connectivity index (χ3v) is 4.23. The molecule has 2 aromatic carbocycles. The molecule has 1 N–H and O–H groups in total. The van der Waals surface area contributed by atoms with Crippen molar-refractivity contribution in [2.24, 2.45) is 5.10 Å². The highest BCUT2D eigenvalue weighted by molar-refractivity contribution is 9.11. The summed E-state index contributed by atoms with van der Waals surface area (Å²) >= 11 is 12.6. The first kappa shape index (κ1) is 18.0. The second kappa shape index (κ2) is 8.47. The SMILES string of the molecule is C/C(=N\NC(=O)COc1ccc(Br)cc1Br)c1ccc(Cl)cc1. The zero-order chi connectivity index (χ0) is 16.8. The molecule has 120 valence electrons. The average molecular weight is 461 g/mol. The Kier molecular flexibility index (Phi) is 6.62. The van der Waals surface area contributed by atoms with Gasteiger partial charge in [0.25, 0.3) is 5.91 Å². The summed E-state index contributed by atoms with van der Waals surface area (Å²) in [6, 6.07) is 12.7. The molecule has 0 spiro atoms. The number of hydrogen-bond acceptors (Lipinski definition) is 3. The van der Waals surface area contributed by atoms with Crippen molar-refractivity contribution in [1.29, 1.82) is 0 Å². The molecular formula is C16H13Br2ClN2O2. The first-order valence-electron chi connectivity index (χ1n) is 6.62. The zero-order valence-corrected chi connectivity index (χ0v) is 16.1. The van der Waals surface area contributed by atoms with Crippen LogP contribution in [0.1, 0.15) is 12.5 Å². The molecule has 2 rings (SSSR count). The highest BCUT2D eigenvalue weighted by atomic mass is 79.9. The van der Waals surface area contributed by atoms with Gasteiger partial charge < -0.3 is 4.74 Å². The minimum atomic E-state index is -0.340. The molecular weight excluding hydrogens is 447 g/mol. The van der Waals surface area contributed by atoms with Gasteiger partial charge in [-0.2, -0.15) is 5.10 Å². The number of rotatable bonds is 5. The van der Waals surface area contributed by atoms with Gasteiger partial charge in [-0.05, 0) is 58.7 Å². The van der Waals surface area contributed by atoms with E-state index in [0.717, 1.165) is 14.5 Å². The fraction of sp³-hybridized carbons (Fsp3) is 0.125. The lowest BCUT2D eigenvalue weighted by Gasteiger charge is -2.08. The number of nitrogens with one attached hydrogen (secondary N) is 1. The largest absolute Gasteiger partial charge is 0.483 e. The Morgan fingerprint density at radius 1 is 1.22 bits per heavy atom. The third kappa shape index (κ3) is 5.64. The van der Waals surface area contributed by atoms with Crippen molar-refractivity contribution < 1.29 is 9.53 Å². The topological polar surface area (TPSA) is 50.7 Å².